The third-order valence-corrected chi connectivity index (χ3v) is 3.24. The molecule has 1 heterocycles. The summed E-state index contributed by atoms with van der Waals surface area (Å²) >= 11 is 0. The van der Waals surface area contributed by atoms with E-state index in [1.165, 1.54) is 16.5 Å². The van der Waals surface area contributed by atoms with Crippen molar-refractivity contribution in [3.8, 4) is 0 Å². The van der Waals surface area contributed by atoms with E-state index in [2.05, 4.69) is 36.4 Å². The van der Waals surface area contributed by atoms with Gasteiger partial charge < -0.3 is 4.42 Å². The van der Waals surface area contributed by atoms with Crippen LogP contribution < -0.4 is 0 Å². The Labute approximate surface area is 113 Å². The van der Waals surface area contributed by atoms with E-state index in [4.69, 9.17) is 4.42 Å². The summed E-state index contributed by atoms with van der Waals surface area (Å²) in [5, 5.41) is 1.18. The molecule has 2 aromatic carbocycles. The Balaban J connectivity index is 0.000000117. The van der Waals surface area contributed by atoms with Crippen molar-refractivity contribution < 1.29 is 4.42 Å². The Morgan fingerprint density at radius 1 is 0.947 bits per heavy atom. The molecule has 0 aliphatic heterocycles. The molecule has 4 rings (SSSR count). The van der Waals surface area contributed by atoms with E-state index in [9.17, 15) is 0 Å². The van der Waals surface area contributed by atoms with Crippen molar-refractivity contribution >= 4 is 17.0 Å². The Bertz CT molecular complexity index is 686. The quantitative estimate of drug-likeness (QED) is 0.546. The summed E-state index contributed by atoms with van der Waals surface area (Å²) in [6.45, 7) is 1.96. The van der Waals surface area contributed by atoms with Crippen LogP contribution in [0, 0.1) is 6.92 Å². The van der Waals surface area contributed by atoms with Crippen molar-refractivity contribution in [1.82, 2.24) is 0 Å². The zero-order valence-electron chi connectivity index (χ0n) is 11.0. The molecule has 0 fully saturated rings. The molecule has 0 spiro atoms. The van der Waals surface area contributed by atoms with Crippen LogP contribution in [-0.4, -0.2) is 0 Å². The summed E-state index contributed by atoms with van der Waals surface area (Å²) < 4.78 is 5.37. The Kier molecular flexibility index (Phi) is 3.20. The van der Waals surface area contributed by atoms with Gasteiger partial charge in [0.2, 0.25) is 0 Å². The molecular formula is C18H16O. The van der Waals surface area contributed by atoms with Gasteiger partial charge in [-0.15, -0.1) is 0 Å². The number of furan rings is 1. The lowest BCUT2D eigenvalue weighted by Crippen LogP contribution is -1.76. The highest BCUT2D eigenvalue weighted by Crippen LogP contribution is 2.18. The molecule has 1 aliphatic carbocycles. The van der Waals surface area contributed by atoms with Crippen molar-refractivity contribution in [2.24, 2.45) is 0 Å². The van der Waals surface area contributed by atoms with Gasteiger partial charge in [0.15, 0.2) is 0 Å². The van der Waals surface area contributed by atoms with E-state index in [0.717, 1.165) is 17.8 Å². The number of hydrogen-bond donors (Lipinski definition) is 0. The number of aryl methyl sites for hydroxylation is 1. The van der Waals surface area contributed by atoms with Crippen molar-refractivity contribution in [2.45, 2.75) is 13.3 Å². The predicted molar refractivity (Wildman–Crippen MR) is 80.1 cm³/mol. The van der Waals surface area contributed by atoms with Gasteiger partial charge in [0.25, 0.3) is 0 Å². The molecule has 0 N–H and O–H groups in total. The molecule has 0 unspecified atom stereocenters. The first-order valence-corrected chi connectivity index (χ1v) is 6.52. The maximum absolute atomic E-state index is 5.37. The summed E-state index contributed by atoms with van der Waals surface area (Å²) in [7, 11) is 0. The van der Waals surface area contributed by atoms with Crippen LogP contribution in [0.1, 0.15) is 16.9 Å². The summed E-state index contributed by atoms with van der Waals surface area (Å²) in [4.78, 5) is 0. The highest BCUT2D eigenvalue weighted by molar-refractivity contribution is 5.77. The van der Waals surface area contributed by atoms with Gasteiger partial charge in [-0.05, 0) is 36.6 Å². The number of allylic oxidation sites excluding steroid dienone is 1. The lowest BCUT2D eigenvalue weighted by Gasteiger charge is -1.93. The zero-order chi connectivity index (χ0) is 13.1. The topological polar surface area (TPSA) is 13.1 Å². The maximum atomic E-state index is 5.37. The summed E-state index contributed by atoms with van der Waals surface area (Å²) in [5.74, 6) is 0.973. The summed E-state index contributed by atoms with van der Waals surface area (Å²) in [6, 6.07) is 18.5. The predicted octanol–water partition coefficient (Wildman–Crippen LogP) is 5.00. The van der Waals surface area contributed by atoms with Crippen LogP contribution in [-0.2, 0) is 6.42 Å². The second kappa shape index (κ2) is 5.15. The van der Waals surface area contributed by atoms with Crippen molar-refractivity contribution in [1.29, 1.82) is 0 Å². The van der Waals surface area contributed by atoms with E-state index in [0.29, 0.717) is 0 Å². The molecule has 1 aliphatic rings. The van der Waals surface area contributed by atoms with Gasteiger partial charge in [-0.3, -0.25) is 0 Å². The first-order chi connectivity index (χ1) is 9.33. The lowest BCUT2D eigenvalue weighted by atomic mass is 10.1. The molecule has 1 heteroatoms. The molecule has 0 bridgehead atoms. The fraction of sp³-hybridized carbons (Fsp3) is 0.111. The number of benzene rings is 2. The monoisotopic (exact) mass is 248 g/mol. The van der Waals surface area contributed by atoms with E-state index in [1.807, 2.05) is 37.3 Å². The van der Waals surface area contributed by atoms with Crippen LogP contribution in [0.25, 0.3) is 17.0 Å². The highest BCUT2D eigenvalue weighted by Gasteiger charge is 2.00. The van der Waals surface area contributed by atoms with E-state index in [1.54, 1.807) is 0 Å². The van der Waals surface area contributed by atoms with Crippen LogP contribution in [0.4, 0.5) is 0 Å². The molecule has 0 amide bonds. The first kappa shape index (κ1) is 11.8. The standard InChI is InChI=1S/C9H8O.C9H8/c1-7-6-8-4-2-3-5-9(8)10-7;1-2-5-9-7-3-6-8(9)4-1/h2-6H,1H3;1-6H,7H2. The molecule has 0 saturated carbocycles. The van der Waals surface area contributed by atoms with Crippen LogP contribution >= 0.6 is 0 Å². The fourth-order valence-electron chi connectivity index (χ4n) is 2.31. The summed E-state index contributed by atoms with van der Waals surface area (Å²) in [5.41, 5.74) is 3.81. The molecule has 0 saturated heterocycles. The number of para-hydroxylation sites is 1. The van der Waals surface area contributed by atoms with Crippen LogP contribution in [0.3, 0.4) is 0 Å². The van der Waals surface area contributed by atoms with Gasteiger partial charge in [0.05, 0.1) is 0 Å². The molecule has 94 valence electrons. The van der Waals surface area contributed by atoms with Crippen LogP contribution in [0.2, 0.25) is 0 Å². The van der Waals surface area contributed by atoms with E-state index >= 15 is 0 Å². The third-order valence-electron chi connectivity index (χ3n) is 3.24. The average molecular weight is 248 g/mol. The van der Waals surface area contributed by atoms with Gasteiger partial charge in [-0.25, -0.2) is 0 Å². The second-order valence-electron chi connectivity index (χ2n) is 4.70. The molecule has 0 atom stereocenters. The van der Waals surface area contributed by atoms with E-state index in [-0.39, 0.29) is 0 Å². The Morgan fingerprint density at radius 2 is 1.74 bits per heavy atom. The van der Waals surface area contributed by atoms with E-state index < -0.39 is 0 Å². The highest BCUT2D eigenvalue weighted by atomic mass is 16.3. The Hall–Kier alpha value is -2.28. The molecular weight excluding hydrogens is 232 g/mol. The SMILES string of the molecule is C1=Cc2ccccc2C1.Cc1cc2ccccc2o1. The minimum absolute atomic E-state index is 0.972. The van der Waals surface area contributed by atoms with Crippen molar-refractivity contribution in [3.63, 3.8) is 0 Å². The van der Waals surface area contributed by atoms with Gasteiger partial charge >= 0.3 is 0 Å². The van der Waals surface area contributed by atoms with Crippen LogP contribution in [0.5, 0.6) is 0 Å². The Morgan fingerprint density at radius 3 is 2.58 bits per heavy atom. The molecule has 0 radical (unpaired) electrons. The fourth-order valence-corrected chi connectivity index (χ4v) is 2.31. The number of rotatable bonds is 0. The number of hydrogen-bond acceptors (Lipinski definition) is 1. The molecule has 1 nitrogen and oxygen atoms in total. The molecule has 3 aromatic rings. The number of fused-ring (bicyclic) bond motifs is 2. The van der Waals surface area contributed by atoms with Crippen LogP contribution in [0.15, 0.2) is 65.1 Å². The van der Waals surface area contributed by atoms with Crippen molar-refractivity contribution in [2.75, 3.05) is 0 Å². The van der Waals surface area contributed by atoms with Crippen molar-refractivity contribution in [3.05, 3.63) is 77.6 Å². The third kappa shape index (κ3) is 2.60. The van der Waals surface area contributed by atoms with Gasteiger partial charge in [0, 0.05) is 5.39 Å². The lowest BCUT2D eigenvalue weighted by molar-refractivity contribution is 0.578. The van der Waals surface area contributed by atoms with Gasteiger partial charge in [0.1, 0.15) is 11.3 Å². The second-order valence-corrected chi connectivity index (χ2v) is 4.70. The average Bonchev–Trinajstić information content (AvgIpc) is 3.03. The summed E-state index contributed by atoms with van der Waals surface area (Å²) in [6.07, 6.45) is 5.50. The molecule has 19 heavy (non-hydrogen) atoms. The minimum atomic E-state index is 0.972. The normalized spacial score (nSPS) is 12.1. The smallest absolute Gasteiger partial charge is 0.134 e. The minimum Gasteiger partial charge on any atom is -0.461 e. The molecule has 1 aromatic heterocycles. The van der Waals surface area contributed by atoms with Gasteiger partial charge in [-0.2, -0.15) is 0 Å². The van der Waals surface area contributed by atoms with Gasteiger partial charge in [-0.1, -0.05) is 54.6 Å². The maximum Gasteiger partial charge on any atom is 0.134 e. The largest absolute Gasteiger partial charge is 0.461 e. The zero-order valence-corrected chi connectivity index (χ0v) is 11.0. The first-order valence-electron chi connectivity index (χ1n) is 6.52.